The summed E-state index contributed by atoms with van der Waals surface area (Å²) in [5.74, 6) is -0.406. The van der Waals surface area contributed by atoms with Crippen LogP contribution in [0.2, 0.25) is 0 Å². The van der Waals surface area contributed by atoms with Crippen molar-refractivity contribution in [2.45, 2.75) is 12.8 Å². The first-order valence-corrected chi connectivity index (χ1v) is 10.2. The fourth-order valence-electron chi connectivity index (χ4n) is 2.23. The number of nitrogens with one attached hydrogen (secondary N) is 2. The largest absolute Gasteiger partial charge is 0.326 e. The number of amides is 1. The number of rotatable bonds is 7. The van der Waals surface area contributed by atoms with Gasteiger partial charge in [-0.1, -0.05) is 52.8 Å². The molecule has 0 radical (unpaired) electrons. The summed E-state index contributed by atoms with van der Waals surface area (Å²) in [5.41, 5.74) is 2.17. The fourth-order valence-corrected chi connectivity index (χ4v) is 3.16. The van der Waals surface area contributed by atoms with Crippen LogP contribution in [0.3, 0.4) is 0 Å². The van der Waals surface area contributed by atoms with Crippen LogP contribution in [0.25, 0.3) is 0 Å². The molecule has 0 aliphatic carbocycles. The molecule has 0 fully saturated rings. The molecule has 2 aromatic carbocycles. The molecule has 0 saturated carbocycles. The van der Waals surface area contributed by atoms with E-state index in [1.54, 1.807) is 18.2 Å². The molecule has 2 N–H and O–H groups in total. The normalized spacial score (nSPS) is 11.0. The van der Waals surface area contributed by atoms with Crippen LogP contribution in [0.1, 0.15) is 22.3 Å². The number of benzene rings is 2. The standard InChI is InChI=1S/C18H19BrN2O3S/c1-13(8-9-14-6-4-3-5-7-14)20-18(22)16-11-10-15(19)12-17(16)21-25(2,23)24/h3-7,10-12,21H,1,8-9H2,2H3,(H,20,22). The van der Waals surface area contributed by atoms with Gasteiger partial charge in [-0.15, -0.1) is 0 Å². The van der Waals surface area contributed by atoms with Crippen LogP contribution in [0.4, 0.5) is 5.69 Å². The van der Waals surface area contributed by atoms with Gasteiger partial charge in [0.1, 0.15) is 0 Å². The van der Waals surface area contributed by atoms with E-state index in [1.165, 1.54) is 0 Å². The van der Waals surface area contributed by atoms with E-state index < -0.39 is 15.9 Å². The number of carbonyl (C=O) groups is 1. The maximum absolute atomic E-state index is 12.5. The highest BCUT2D eigenvalue weighted by molar-refractivity contribution is 9.10. The van der Waals surface area contributed by atoms with Gasteiger partial charge in [0.15, 0.2) is 0 Å². The number of aryl methyl sites for hydroxylation is 1. The fraction of sp³-hybridized carbons (Fsp3) is 0.167. The second-order valence-electron chi connectivity index (χ2n) is 5.61. The molecule has 2 rings (SSSR count). The Morgan fingerprint density at radius 2 is 1.84 bits per heavy atom. The molecule has 0 aromatic heterocycles. The SMILES string of the molecule is C=C(CCc1ccccc1)NC(=O)c1ccc(Br)cc1NS(C)(=O)=O. The van der Waals surface area contributed by atoms with Crippen LogP contribution in [0, 0.1) is 0 Å². The third-order valence-corrected chi connectivity index (χ3v) is 4.45. The van der Waals surface area contributed by atoms with Crippen molar-refractivity contribution in [3.05, 3.63) is 76.4 Å². The van der Waals surface area contributed by atoms with Crippen LogP contribution in [-0.4, -0.2) is 20.6 Å². The molecule has 0 aliphatic heterocycles. The molecule has 0 heterocycles. The van der Waals surface area contributed by atoms with E-state index in [4.69, 9.17) is 0 Å². The molecule has 132 valence electrons. The number of carbonyl (C=O) groups excluding carboxylic acids is 1. The van der Waals surface area contributed by atoms with E-state index in [0.717, 1.165) is 18.2 Å². The number of hydrogen-bond donors (Lipinski definition) is 2. The van der Waals surface area contributed by atoms with E-state index in [2.05, 4.69) is 32.5 Å². The van der Waals surface area contributed by atoms with Crippen LogP contribution in [0.5, 0.6) is 0 Å². The minimum atomic E-state index is -3.50. The van der Waals surface area contributed by atoms with Crippen molar-refractivity contribution < 1.29 is 13.2 Å². The predicted octanol–water partition coefficient (Wildman–Crippen LogP) is 3.70. The molecule has 7 heteroatoms. The first-order chi connectivity index (χ1) is 11.7. The zero-order chi connectivity index (χ0) is 18.4. The molecule has 0 spiro atoms. The molecule has 5 nitrogen and oxygen atoms in total. The van der Waals surface area contributed by atoms with Crippen LogP contribution in [-0.2, 0) is 16.4 Å². The minimum Gasteiger partial charge on any atom is -0.326 e. The lowest BCUT2D eigenvalue weighted by atomic mass is 10.1. The highest BCUT2D eigenvalue weighted by atomic mass is 79.9. The summed E-state index contributed by atoms with van der Waals surface area (Å²) in [4.78, 5) is 12.5. The first kappa shape index (κ1) is 19.2. The summed E-state index contributed by atoms with van der Waals surface area (Å²) in [7, 11) is -3.50. The Morgan fingerprint density at radius 3 is 2.48 bits per heavy atom. The molecule has 2 aromatic rings. The zero-order valence-corrected chi connectivity index (χ0v) is 16.2. The van der Waals surface area contributed by atoms with Gasteiger partial charge >= 0.3 is 0 Å². The van der Waals surface area contributed by atoms with Gasteiger partial charge in [0.2, 0.25) is 10.0 Å². The van der Waals surface area contributed by atoms with Gasteiger partial charge in [-0.05, 0) is 36.6 Å². The first-order valence-electron chi connectivity index (χ1n) is 7.55. The summed E-state index contributed by atoms with van der Waals surface area (Å²) in [6.45, 7) is 3.88. The van der Waals surface area contributed by atoms with Crippen molar-refractivity contribution in [1.82, 2.24) is 5.32 Å². The lowest BCUT2D eigenvalue weighted by Crippen LogP contribution is -2.24. The quantitative estimate of drug-likeness (QED) is 0.713. The Kier molecular flexibility index (Phi) is 6.39. The van der Waals surface area contributed by atoms with E-state index in [1.807, 2.05) is 30.3 Å². The van der Waals surface area contributed by atoms with Gasteiger partial charge in [0.25, 0.3) is 5.91 Å². The van der Waals surface area contributed by atoms with Gasteiger partial charge in [-0.25, -0.2) is 8.42 Å². The van der Waals surface area contributed by atoms with Crippen LogP contribution in [0.15, 0.2) is 65.3 Å². The molecule has 25 heavy (non-hydrogen) atoms. The average molecular weight is 423 g/mol. The lowest BCUT2D eigenvalue weighted by Gasteiger charge is -2.13. The summed E-state index contributed by atoms with van der Waals surface area (Å²) < 4.78 is 26.0. The summed E-state index contributed by atoms with van der Waals surface area (Å²) >= 11 is 3.27. The monoisotopic (exact) mass is 422 g/mol. The topological polar surface area (TPSA) is 75.3 Å². The maximum atomic E-state index is 12.5. The Bertz CT molecular complexity index is 880. The smallest absolute Gasteiger partial charge is 0.257 e. The lowest BCUT2D eigenvalue weighted by molar-refractivity contribution is 0.0965. The molecular formula is C18H19BrN2O3S. The number of halogens is 1. The van der Waals surface area contributed by atoms with Crippen LogP contribution >= 0.6 is 15.9 Å². The minimum absolute atomic E-state index is 0.213. The van der Waals surface area contributed by atoms with Crippen molar-refractivity contribution in [2.75, 3.05) is 11.0 Å². The van der Waals surface area contributed by atoms with E-state index in [9.17, 15) is 13.2 Å². The van der Waals surface area contributed by atoms with Gasteiger partial charge in [0, 0.05) is 10.2 Å². The summed E-state index contributed by atoms with van der Waals surface area (Å²) in [6, 6.07) is 14.7. The predicted molar refractivity (Wildman–Crippen MR) is 104 cm³/mol. The molecule has 0 aliphatic rings. The van der Waals surface area contributed by atoms with Crippen molar-refractivity contribution in [3.63, 3.8) is 0 Å². The van der Waals surface area contributed by atoms with Crippen molar-refractivity contribution in [1.29, 1.82) is 0 Å². The van der Waals surface area contributed by atoms with Gasteiger partial charge in [-0.3, -0.25) is 9.52 Å². The Balaban J connectivity index is 2.06. The van der Waals surface area contributed by atoms with E-state index >= 15 is 0 Å². The van der Waals surface area contributed by atoms with E-state index in [0.29, 0.717) is 16.6 Å². The molecule has 0 unspecified atom stereocenters. The number of anilines is 1. The van der Waals surface area contributed by atoms with Crippen molar-refractivity contribution in [2.24, 2.45) is 0 Å². The van der Waals surface area contributed by atoms with Crippen molar-refractivity contribution in [3.8, 4) is 0 Å². The van der Waals surface area contributed by atoms with Gasteiger partial charge in [-0.2, -0.15) is 0 Å². The van der Waals surface area contributed by atoms with Gasteiger partial charge < -0.3 is 5.32 Å². The van der Waals surface area contributed by atoms with Crippen LogP contribution < -0.4 is 10.0 Å². The molecule has 1 amide bonds. The Labute approximate surface area is 156 Å². The zero-order valence-electron chi connectivity index (χ0n) is 13.8. The second kappa shape index (κ2) is 8.31. The van der Waals surface area contributed by atoms with Gasteiger partial charge in [0.05, 0.1) is 17.5 Å². The Hall–Kier alpha value is -2.12. The van der Waals surface area contributed by atoms with Crippen molar-refractivity contribution >= 4 is 37.5 Å². The highest BCUT2D eigenvalue weighted by Crippen LogP contribution is 2.23. The van der Waals surface area contributed by atoms with E-state index in [-0.39, 0.29) is 11.3 Å². The molecular weight excluding hydrogens is 404 g/mol. The average Bonchev–Trinajstić information content (AvgIpc) is 2.52. The summed E-state index contributed by atoms with van der Waals surface area (Å²) in [6.07, 6.45) is 2.39. The maximum Gasteiger partial charge on any atom is 0.257 e. The third-order valence-electron chi connectivity index (χ3n) is 3.37. The summed E-state index contributed by atoms with van der Waals surface area (Å²) in [5, 5.41) is 2.73. The number of hydrogen-bond acceptors (Lipinski definition) is 3. The molecule has 0 saturated heterocycles. The molecule has 0 atom stereocenters. The second-order valence-corrected chi connectivity index (χ2v) is 8.27. The molecule has 0 bridgehead atoms. The number of allylic oxidation sites excluding steroid dienone is 1. The Morgan fingerprint density at radius 1 is 1.16 bits per heavy atom. The highest BCUT2D eigenvalue weighted by Gasteiger charge is 2.15. The third kappa shape index (κ3) is 6.36. The number of sulfonamides is 1.